The number of methoxy groups -OCH3 is 1. The Morgan fingerprint density at radius 1 is 1.40 bits per heavy atom. The minimum absolute atomic E-state index is 0.00668. The van der Waals surface area contributed by atoms with E-state index in [-0.39, 0.29) is 5.92 Å². The number of ether oxygens (including phenoxy) is 1. The van der Waals surface area contributed by atoms with Gasteiger partial charge in [0.2, 0.25) is 0 Å². The van der Waals surface area contributed by atoms with E-state index >= 15 is 0 Å². The molecule has 3 unspecified atom stereocenters. The van der Waals surface area contributed by atoms with Crippen LogP contribution in [0.1, 0.15) is 32.6 Å². The Morgan fingerprint density at radius 2 is 2.10 bits per heavy atom. The number of hydrogen-bond acceptors (Lipinski definition) is 4. The monoisotopic (exact) mass is 284 g/mol. The molecule has 1 N–H and O–H groups in total. The van der Waals surface area contributed by atoms with Gasteiger partial charge in [-0.1, -0.05) is 13.8 Å². The fourth-order valence-electron chi connectivity index (χ4n) is 2.29. The molecular formula is C15H25FN2O2. The minimum atomic E-state index is -0.695. The number of nitrogens with zero attached hydrogens (tertiary/aromatic N) is 2. The molecule has 0 bridgehead atoms. The van der Waals surface area contributed by atoms with Gasteiger partial charge in [0.15, 0.2) is 0 Å². The molecule has 1 aromatic heterocycles. The lowest BCUT2D eigenvalue weighted by molar-refractivity contribution is 0.0522. The first-order valence-electron chi connectivity index (χ1n) is 7.02. The van der Waals surface area contributed by atoms with Crippen LogP contribution in [-0.4, -0.2) is 47.8 Å². The molecule has 0 saturated carbocycles. The Hall–Kier alpha value is -1.04. The lowest BCUT2D eigenvalue weighted by Crippen LogP contribution is -2.40. The second-order valence-corrected chi connectivity index (χ2v) is 5.22. The summed E-state index contributed by atoms with van der Waals surface area (Å²) in [6.07, 6.45) is 0.440. The lowest BCUT2D eigenvalue weighted by atomic mass is 10.00. The van der Waals surface area contributed by atoms with Gasteiger partial charge in [-0.05, 0) is 25.6 Å². The Kier molecular flexibility index (Phi) is 7.05. The summed E-state index contributed by atoms with van der Waals surface area (Å²) in [6, 6.07) is 3.15. The lowest BCUT2D eigenvalue weighted by Gasteiger charge is -2.31. The van der Waals surface area contributed by atoms with Gasteiger partial charge in [0.05, 0.1) is 24.6 Å². The molecule has 1 heterocycles. The van der Waals surface area contributed by atoms with Crippen molar-refractivity contribution in [2.45, 2.75) is 32.9 Å². The van der Waals surface area contributed by atoms with Gasteiger partial charge in [-0.15, -0.1) is 0 Å². The summed E-state index contributed by atoms with van der Waals surface area (Å²) in [7, 11) is 1.69. The molecule has 5 heteroatoms. The molecule has 114 valence electrons. The van der Waals surface area contributed by atoms with Crippen LogP contribution in [0, 0.1) is 11.7 Å². The highest BCUT2D eigenvalue weighted by molar-refractivity contribution is 5.08. The Morgan fingerprint density at radius 3 is 2.60 bits per heavy atom. The molecule has 3 atom stereocenters. The van der Waals surface area contributed by atoms with Crippen LogP contribution < -0.4 is 0 Å². The van der Waals surface area contributed by atoms with Gasteiger partial charge in [0.25, 0.3) is 0 Å². The molecule has 0 amide bonds. The summed E-state index contributed by atoms with van der Waals surface area (Å²) < 4.78 is 18.0. The summed E-state index contributed by atoms with van der Waals surface area (Å²) >= 11 is 0. The van der Waals surface area contributed by atoms with E-state index in [9.17, 15) is 9.50 Å². The molecule has 0 spiro atoms. The van der Waals surface area contributed by atoms with Crippen molar-refractivity contribution in [3.63, 3.8) is 0 Å². The normalized spacial score (nSPS) is 16.1. The fraction of sp³-hybridized carbons (Fsp3) is 0.667. The molecule has 0 aliphatic rings. The van der Waals surface area contributed by atoms with Crippen molar-refractivity contribution in [2.24, 2.45) is 5.92 Å². The molecule has 1 rings (SSSR count). The van der Waals surface area contributed by atoms with Crippen molar-refractivity contribution in [1.29, 1.82) is 0 Å². The maximum absolute atomic E-state index is 12.8. The molecule has 4 nitrogen and oxygen atoms in total. The number of aliphatic hydroxyl groups is 1. The molecule has 0 aliphatic heterocycles. The van der Waals surface area contributed by atoms with E-state index < -0.39 is 11.9 Å². The van der Waals surface area contributed by atoms with Crippen molar-refractivity contribution < 1.29 is 14.2 Å². The van der Waals surface area contributed by atoms with E-state index in [0.29, 0.717) is 18.3 Å². The van der Waals surface area contributed by atoms with Crippen LogP contribution in [0.3, 0.4) is 0 Å². The Labute approximate surface area is 120 Å². The number of rotatable bonds is 8. The summed E-state index contributed by atoms with van der Waals surface area (Å²) in [5.41, 5.74) is 0.509. The van der Waals surface area contributed by atoms with E-state index in [1.807, 2.05) is 6.92 Å². The molecule has 0 radical (unpaired) electrons. The second kappa shape index (κ2) is 8.29. The first-order valence-corrected chi connectivity index (χ1v) is 7.02. The quantitative estimate of drug-likeness (QED) is 0.795. The molecule has 0 aliphatic carbocycles. The second-order valence-electron chi connectivity index (χ2n) is 5.22. The number of hydrogen-bond donors (Lipinski definition) is 1. The number of pyridine rings is 1. The van der Waals surface area contributed by atoms with Crippen LogP contribution in [0.2, 0.25) is 0 Å². The van der Waals surface area contributed by atoms with Crippen LogP contribution in [0.4, 0.5) is 4.39 Å². The van der Waals surface area contributed by atoms with Crippen LogP contribution in [0.5, 0.6) is 0 Å². The number of aromatic nitrogens is 1. The van der Waals surface area contributed by atoms with Gasteiger partial charge in [0.1, 0.15) is 5.82 Å². The first kappa shape index (κ1) is 17.0. The summed E-state index contributed by atoms with van der Waals surface area (Å²) in [4.78, 5) is 6.20. The topological polar surface area (TPSA) is 45.6 Å². The molecule has 1 aromatic rings. The van der Waals surface area contributed by atoms with Gasteiger partial charge in [-0.25, -0.2) is 4.39 Å². The van der Waals surface area contributed by atoms with Crippen LogP contribution in [0.25, 0.3) is 0 Å². The number of aliphatic hydroxyl groups excluding tert-OH is 1. The average molecular weight is 284 g/mol. The van der Waals surface area contributed by atoms with Crippen molar-refractivity contribution >= 4 is 0 Å². The van der Waals surface area contributed by atoms with E-state index in [1.54, 1.807) is 7.11 Å². The Bertz CT molecular complexity index is 386. The molecule has 0 aromatic carbocycles. The smallest absolute Gasteiger partial charge is 0.141 e. The maximum atomic E-state index is 12.8. The van der Waals surface area contributed by atoms with Gasteiger partial charge in [-0.2, -0.15) is 0 Å². The van der Waals surface area contributed by atoms with E-state index in [2.05, 4.69) is 23.7 Å². The zero-order valence-electron chi connectivity index (χ0n) is 12.7. The summed E-state index contributed by atoms with van der Waals surface area (Å²) in [5, 5.41) is 10.3. The average Bonchev–Trinajstić information content (AvgIpc) is 2.44. The molecular weight excluding hydrogens is 259 g/mol. The molecule has 0 fully saturated rings. The van der Waals surface area contributed by atoms with Crippen LogP contribution in [-0.2, 0) is 4.74 Å². The van der Waals surface area contributed by atoms with Gasteiger partial charge in [-0.3, -0.25) is 9.88 Å². The highest BCUT2D eigenvalue weighted by Crippen LogP contribution is 2.21. The van der Waals surface area contributed by atoms with Crippen molar-refractivity contribution in [1.82, 2.24) is 9.88 Å². The zero-order valence-corrected chi connectivity index (χ0v) is 12.7. The van der Waals surface area contributed by atoms with E-state index in [4.69, 9.17) is 4.74 Å². The van der Waals surface area contributed by atoms with E-state index in [1.165, 1.54) is 12.1 Å². The molecule has 20 heavy (non-hydrogen) atoms. The van der Waals surface area contributed by atoms with E-state index in [0.717, 1.165) is 19.3 Å². The van der Waals surface area contributed by atoms with Gasteiger partial charge < -0.3 is 9.84 Å². The third-order valence-electron chi connectivity index (χ3n) is 3.55. The fourth-order valence-corrected chi connectivity index (χ4v) is 2.29. The van der Waals surface area contributed by atoms with Crippen molar-refractivity contribution in [2.75, 3.05) is 26.8 Å². The van der Waals surface area contributed by atoms with Crippen LogP contribution in [0.15, 0.2) is 18.3 Å². The maximum Gasteiger partial charge on any atom is 0.141 e. The van der Waals surface area contributed by atoms with Gasteiger partial charge in [0, 0.05) is 25.6 Å². The Balaban J connectivity index is 2.63. The highest BCUT2D eigenvalue weighted by atomic mass is 19.1. The minimum Gasteiger partial charge on any atom is -0.386 e. The predicted octanol–water partition coefficient (Wildman–Crippen LogP) is 2.25. The largest absolute Gasteiger partial charge is 0.386 e. The number of halogens is 1. The summed E-state index contributed by atoms with van der Waals surface area (Å²) in [5.74, 6) is -0.385. The standard InChI is InChI=1S/C15H25FN2O2/c1-5-18(12(3)10-20-4)9-11(2)15(19)14-7-6-13(16)8-17-14/h6-8,11-12,15,19H,5,9-10H2,1-4H3. The predicted molar refractivity (Wildman–Crippen MR) is 76.9 cm³/mol. The highest BCUT2D eigenvalue weighted by Gasteiger charge is 2.22. The van der Waals surface area contributed by atoms with Gasteiger partial charge >= 0.3 is 0 Å². The third-order valence-corrected chi connectivity index (χ3v) is 3.55. The third kappa shape index (κ3) is 4.81. The van der Waals surface area contributed by atoms with Crippen molar-refractivity contribution in [3.8, 4) is 0 Å². The first-order chi connectivity index (χ1) is 9.49. The zero-order chi connectivity index (χ0) is 15.1. The molecule has 0 saturated heterocycles. The van der Waals surface area contributed by atoms with Crippen LogP contribution >= 0.6 is 0 Å². The SMILES string of the molecule is CCN(CC(C)C(O)c1ccc(F)cn1)C(C)COC. The van der Waals surface area contributed by atoms with Crippen molar-refractivity contribution in [3.05, 3.63) is 29.8 Å². The summed E-state index contributed by atoms with van der Waals surface area (Å²) in [6.45, 7) is 8.44. The number of likely N-dealkylation sites (N-methyl/N-ethyl adjacent to an activating group) is 1.